The molecule has 2 amide bonds. The number of fused-ring (bicyclic) bond motifs is 2. The highest BCUT2D eigenvalue weighted by Gasteiger charge is 2.56. The normalized spacial score (nSPS) is 20.0. The van der Waals surface area contributed by atoms with Crippen molar-refractivity contribution in [1.82, 2.24) is 24.3 Å². The van der Waals surface area contributed by atoms with Crippen LogP contribution in [0.25, 0.3) is 11.0 Å². The molecule has 7 nitrogen and oxygen atoms in total. The lowest BCUT2D eigenvalue weighted by atomic mass is 9.66. The van der Waals surface area contributed by atoms with Crippen LogP contribution >= 0.6 is 0 Å². The number of aryl methyl sites for hydroxylation is 1. The van der Waals surface area contributed by atoms with Crippen molar-refractivity contribution in [1.29, 1.82) is 0 Å². The van der Waals surface area contributed by atoms with E-state index in [1.165, 1.54) is 0 Å². The smallest absolute Gasteiger partial charge is 0.254 e. The molecular formula is C28H35N5O2. The number of amides is 2. The fraction of sp³-hybridized carbons (Fsp3) is 0.464. The van der Waals surface area contributed by atoms with Gasteiger partial charge in [0, 0.05) is 45.8 Å². The third kappa shape index (κ3) is 3.73. The van der Waals surface area contributed by atoms with Gasteiger partial charge in [-0.05, 0) is 50.5 Å². The zero-order valence-electron chi connectivity index (χ0n) is 21.4. The van der Waals surface area contributed by atoms with E-state index in [2.05, 4.69) is 36.4 Å². The van der Waals surface area contributed by atoms with Crippen LogP contribution in [0.2, 0.25) is 0 Å². The molecule has 0 bridgehead atoms. The van der Waals surface area contributed by atoms with E-state index in [1.807, 2.05) is 61.5 Å². The first-order chi connectivity index (χ1) is 16.7. The number of piperidine rings is 1. The number of hydrogen-bond acceptors (Lipinski definition) is 4. The molecule has 35 heavy (non-hydrogen) atoms. The van der Waals surface area contributed by atoms with Gasteiger partial charge in [-0.15, -0.1) is 0 Å². The Morgan fingerprint density at radius 3 is 2.40 bits per heavy atom. The number of carbonyl (C=O) groups excluding carboxylic acids is 2. The number of aromatic nitrogens is 2. The van der Waals surface area contributed by atoms with Gasteiger partial charge < -0.3 is 14.4 Å². The van der Waals surface area contributed by atoms with Crippen LogP contribution in [0.3, 0.4) is 0 Å². The highest BCUT2D eigenvalue weighted by molar-refractivity contribution is 6.02. The van der Waals surface area contributed by atoms with E-state index in [0.29, 0.717) is 5.56 Å². The molecule has 0 radical (unpaired) electrons. The van der Waals surface area contributed by atoms with Crippen LogP contribution in [-0.2, 0) is 18.4 Å². The molecule has 2 aliphatic heterocycles. The van der Waals surface area contributed by atoms with Crippen molar-refractivity contribution >= 4 is 22.8 Å². The van der Waals surface area contributed by atoms with Gasteiger partial charge in [-0.2, -0.15) is 0 Å². The van der Waals surface area contributed by atoms with E-state index in [4.69, 9.17) is 4.98 Å². The molecule has 3 heterocycles. The number of hydrogen-bond donors (Lipinski definition) is 0. The van der Waals surface area contributed by atoms with Crippen LogP contribution in [0.4, 0.5) is 0 Å². The zero-order chi connectivity index (χ0) is 24.9. The van der Waals surface area contributed by atoms with E-state index >= 15 is 0 Å². The highest BCUT2D eigenvalue weighted by Crippen LogP contribution is 2.48. The molecule has 2 aliphatic rings. The number of likely N-dealkylation sites (N-methyl/N-ethyl adjacent to an activating group) is 1. The summed E-state index contributed by atoms with van der Waals surface area (Å²) in [4.78, 5) is 38.4. The molecule has 1 atom stereocenters. The lowest BCUT2D eigenvalue weighted by molar-refractivity contribution is -0.136. The largest absolute Gasteiger partial charge is 0.348 e. The Morgan fingerprint density at radius 1 is 1.09 bits per heavy atom. The fourth-order valence-corrected chi connectivity index (χ4v) is 6.24. The van der Waals surface area contributed by atoms with E-state index in [1.54, 1.807) is 4.90 Å². The maximum Gasteiger partial charge on any atom is 0.254 e. The second-order valence-electron chi connectivity index (χ2n) is 10.5. The van der Waals surface area contributed by atoms with Gasteiger partial charge in [-0.25, -0.2) is 4.98 Å². The Balaban J connectivity index is 1.49. The van der Waals surface area contributed by atoms with Gasteiger partial charge in [0.05, 0.1) is 29.0 Å². The number of benzene rings is 2. The maximum atomic E-state index is 13.8. The molecule has 0 saturated carbocycles. The van der Waals surface area contributed by atoms with E-state index < -0.39 is 5.54 Å². The Kier molecular flexibility index (Phi) is 5.91. The van der Waals surface area contributed by atoms with E-state index in [9.17, 15) is 9.59 Å². The summed E-state index contributed by atoms with van der Waals surface area (Å²) >= 11 is 0. The molecular weight excluding hydrogens is 438 g/mol. The summed E-state index contributed by atoms with van der Waals surface area (Å²) in [5.74, 6) is 0.780. The average molecular weight is 474 g/mol. The van der Waals surface area contributed by atoms with Crippen LogP contribution < -0.4 is 0 Å². The van der Waals surface area contributed by atoms with Gasteiger partial charge in [-0.3, -0.25) is 14.5 Å². The van der Waals surface area contributed by atoms with Gasteiger partial charge in [0.25, 0.3) is 5.91 Å². The molecule has 1 fully saturated rings. The topological polar surface area (TPSA) is 61.7 Å². The lowest BCUT2D eigenvalue weighted by Crippen LogP contribution is -2.66. The average Bonchev–Trinajstić information content (AvgIpc) is 3.15. The first-order valence-corrected chi connectivity index (χ1v) is 12.5. The minimum Gasteiger partial charge on any atom is -0.348 e. The summed E-state index contributed by atoms with van der Waals surface area (Å²) < 4.78 is 2.17. The minimum absolute atomic E-state index is 0.000270. The van der Waals surface area contributed by atoms with Gasteiger partial charge >= 0.3 is 0 Å². The van der Waals surface area contributed by atoms with E-state index in [0.717, 1.165) is 54.9 Å². The van der Waals surface area contributed by atoms with Crippen molar-refractivity contribution in [3.05, 3.63) is 65.5 Å². The van der Waals surface area contributed by atoms with Gasteiger partial charge in [0.1, 0.15) is 5.82 Å². The van der Waals surface area contributed by atoms with Crippen molar-refractivity contribution in [2.45, 2.75) is 50.7 Å². The third-order valence-corrected chi connectivity index (χ3v) is 7.91. The fourth-order valence-electron chi connectivity index (χ4n) is 6.24. The molecule has 0 N–H and O–H groups in total. The van der Waals surface area contributed by atoms with Gasteiger partial charge in [0.2, 0.25) is 5.91 Å². The zero-order valence-corrected chi connectivity index (χ0v) is 21.4. The lowest BCUT2D eigenvalue weighted by Gasteiger charge is -2.56. The van der Waals surface area contributed by atoms with Crippen molar-refractivity contribution in [3.63, 3.8) is 0 Å². The summed E-state index contributed by atoms with van der Waals surface area (Å²) in [6.07, 6.45) is 1.50. The van der Waals surface area contributed by atoms with Crippen LogP contribution in [0.15, 0.2) is 48.5 Å². The molecule has 1 unspecified atom stereocenters. The Bertz CT molecular complexity index is 1270. The molecule has 0 aliphatic carbocycles. The summed E-state index contributed by atoms with van der Waals surface area (Å²) in [6.45, 7) is 6.49. The molecule has 184 valence electrons. The summed E-state index contributed by atoms with van der Waals surface area (Å²) in [5, 5.41) is 0. The first kappa shape index (κ1) is 23.5. The standard InChI is InChI=1S/C28H35N5O2/c1-19(2)33-26(34)21-11-7-6-10-20(21)25(27(35)30(3)4)28(33)14-16-32(17-15-28)18-24-29-22-12-8-9-13-23(22)31(24)5/h6-13,19,25H,14-18H2,1-5H3. The Morgan fingerprint density at radius 2 is 1.74 bits per heavy atom. The Labute approximate surface area is 207 Å². The molecule has 3 aromatic rings. The second kappa shape index (κ2) is 8.79. The number of para-hydroxylation sites is 2. The number of imidazole rings is 1. The number of carbonyl (C=O) groups is 2. The van der Waals surface area contributed by atoms with Crippen molar-refractivity contribution in [2.75, 3.05) is 27.2 Å². The van der Waals surface area contributed by atoms with Crippen molar-refractivity contribution in [3.8, 4) is 0 Å². The predicted molar refractivity (Wildman–Crippen MR) is 137 cm³/mol. The van der Waals surface area contributed by atoms with Crippen molar-refractivity contribution in [2.24, 2.45) is 7.05 Å². The summed E-state index contributed by atoms with van der Waals surface area (Å²) in [7, 11) is 5.70. The SMILES string of the molecule is CC(C)N1C(=O)c2ccccc2C(C(=O)N(C)C)C12CCN(Cc1nc3ccccc3n1C)CC2. The molecule has 1 saturated heterocycles. The summed E-state index contributed by atoms with van der Waals surface area (Å²) in [6, 6.07) is 15.9. The third-order valence-electron chi connectivity index (χ3n) is 7.91. The van der Waals surface area contributed by atoms with Crippen LogP contribution in [0.5, 0.6) is 0 Å². The number of likely N-dealkylation sites (tertiary alicyclic amines) is 1. The Hall–Kier alpha value is -3.19. The van der Waals surface area contributed by atoms with Crippen molar-refractivity contribution < 1.29 is 9.59 Å². The monoisotopic (exact) mass is 473 g/mol. The first-order valence-electron chi connectivity index (χ1n) is 12.5. The van der Waals surface area contributed by atoms with E-state index in [-0.39, 0.29) is 23.8 Å². The minimum atomic E-state index is -0.538. The molecule has 5 rings (SSSR count). The second-order valence-corrected chi connectivity index (χ2v) is 10.5. The quantitative estimate of drug-likeness (QED) is 0.580. The number of nitrogens with zero attached hydrogens (tertiary/aromatic N) is 5. The van der Waals surface area contributed by atoms with Gasteiger partial charge in [-0.1, -0.05) is 30.3 Å². The van der Waals surface area contributed by atoms with Gasteiger partial charge in [0.15, 0.2) is 0 Å². The van der Waals surface area contributed by atoms with Crippen LogP contribution in [0, 0.1) is 0 Å². The molecule has 1 aromatic heterocycles. The van der Waals surface area contributed by atoms with Crippen LogP contribution in [0.1, 0.15) is 54.4 Å². The molecule has 1 spiro atoms. The number of rotatable bonds is 4. The summed E-state index contributed by atoms with van der Waals surface area (Å²) in [5.41, 5.74) is 3.14. The molecule has 7 heteroatoms. The predicted octanol–water partition coefficient (Wildman–Crippen LogP) is 3.64. The maximum absolute atomic E-state index is 13.8. The molecule has 2 aromatic carbocycles. The highest BCUT2D eigenvalue weighted by atomic mass is 16.2. The van der Waals surface area contributed by atoms with Crippen LogP contribution in [-0.4, -0.2) is 74.8 Å².